The zero-order valence-electron chi connectivity index (χ0n) is 11.7. The molecule has 0 heteroatoms. The third kappa shape index (κ3) is 2.87. The van der Waals surface area contributed by atoms with Crippen LogP contribution in [-0.2, 0) is 5.41 Å². The lowest BCUT2D eigenvalue weighted by Crippen LogP contribution is -2.23. The van der Waals surface area contributed by atoms with Gasteiger partial charge in [0.2, 0.25) is 0 Å². The maximum Gasteiger partial charge on any atom is -0.00958 e. The summed E-state index contributed by atoms with van der Waals surface area (Å²) in [6.45, 7) is 13.9. The van der Waals surface area contributed by atoms with Gasteiger partial charge in [-0.1, -0.05) is 52.3 Å². The van der Waals surface area contributed by atoms with Crippen molar-refractivity contribution in [3.63, 3.8) is 0 Å². The Morgan fingerprint density at radius 2 is 1.62 bits per heavy atom. The van der Waals surface area contributed by atoms with Crippen molar-refractivity contribution in [2.24, 2.45) is 5.92 Å². The van der Waals surface area contributed by atoms with E-state index in [0.717, 1.165) is 5.92 Å². The molecule has 90 valence electrons. The van der Waals surface area contributed by atoms with Crippen molar-refractivity contribution in [1.82, 2.24) is 0 Å². The number of hydrogen-bond acceptors (Lipinski definition) is 0. The Kier molecular flexibility index (Phi) is 4.18. The Bertz CT molecular complexity index is 327. The van der Waals surface area contributed by atoms with Crippen LogP contribution in [0.2, 0.25) is 0 Å². The van der Waals surface area contributed by atoms with E-state index in [1.54, 1.807) is 5.56 Å². The molecule has 0 N–H and O–H groups in total. The molecule has 1 rings (SSSR count). The summed E-state index contributed by atoms with van der Waals surface area (Å²) in [5.74, 6) is 0.800. The Labute approximate surface area is 101 Å². The van der Waals surface area contributed by atoms with Crippen molar-refractivity contribution in [3.05, 3.63) is 34.9 Å². The van der Waals surface area contributed by atoms with E-state index in [9.17, 15) is 0 Å². The van der Waals surface area contributed by atoms with Gasteiger partial charge in [0.05, 0.1) is 0 Å². The van der Waals surface area contributed by atoms with Crippen molar-refractivity contribution >= 4 is 0 Å². The minimum absolute atomic E-state index is 0.296. The molecule has 1 unspecified atom stereocenters. The molecule has 0 amide bonds. The first-order valence-electron chi connectivity index (χ1n) is 6.45. The highest BCUT2D eigenvalue weighted by Crippen LogP contribution is 2.35. The average molecular weight is 218 g/mol. The van der Waals surface area contributed by atoms with E-state index in [0.29, 0.717) is 5.41 Å². The Morgan fingerprint density at radius 3 is 2.06 bits per heavy atom. The van der Waals surface area contributed by atoms with Crippen LogP contribution >= 0.6 is 0 Å². The predicted molar refractivity (Wildman–Crippen MR) is 73.0 cm³/mol. The minimum atomic E-state index is 0.296. The Hall–Kier alpha value is -0.780. The van der Waals surface area contributed by atoms with Gasteiger partial charge in [0.15, 0.2) is 0 Å². The van der Waals surface area contributed by atoms with Gasteiger partial charge in [-0.25, -0.2) is 0 Å². The summed E-state index contributed by atoms with van der Waals surface area (Å²) in [6, 6.07) is 6.63. The second-order valence-electron chi connectivity index (χ2n) is 5.87. The topological polar surface area (TPSA) is 0 Å². The molecule has 0 aliphatic rings. The SMILES string of the molecule is CCC(C)CC(C)(C)c1c(C)cccc1C. The minimum Gasteiger partial charge on any atom is -0.0651 e. The number of aryl methyl sites for hydroxylation is 2. The molecule has 0 bridgehead atoms. The molecule has 0 aliphatic carbocycles. The van der Waals surface area contributed by atoms with Crippen molar-refractivity contribution in [3.8, 4) is 0 Å². The van der Waals surface area contributed by atoms with E-state index in [4.69, 9.17) is 0 Å². The molecule has 0 aromatic heterocycles. The molecule has 16 heavy (non-hydrogen) atoms. The molecule has 0 radical (unpaired) electrons. The summed E-state index contributed by atoms with van der Waals surface area (Å²) in [7, 11) is 0. The van der Waals surface area contributed by atoms with Crippen LogP contribution in [0.3, 0.4) is 0 Å². The fourth-order valence-electron chi connectivity index (χ4n) is 3.00. The molecule has 1 aromatic carbocycles. The Balaban J connectivity index is 3.06. The zero-order valence-corrected chi connectivity index (χ0v) is 11.7. The summed E-state index contributed by atoms with van der Waals surface area (Å²) in [5, 5.41) is 0. The first-order valence-corrected chi connectivity index (χ1v) is 6.45. The second-order valence-corrected chi connectivity index (χ2v) is 5.87. The molecular weight excluding hydrogens is 192 g/mol. The first kappa shape index (κ1) is 13.3. The molecule has 0 saturated carbocycles. The molecule has 0 heterocycles. The predicted octanol–water partition coefficient (Wildman–Crippen LogP) is 5.02. The van der Waals surface area contributed by atoms with Gasteiger partial charge >= 0.3 is 0 Å². The van der Waals surface area contributed by atoms with Crippen LogP contribution in [0.5, 0.6) is 0 Å². The van der Waals surface area contributed by atoms with Gasteiger partial charge in [0.1, 0.15) is 0 Å². The quantitative estimate of drug-likeness (QED) is 0.666. The van der Waals surface area contributed by atoms with Gasteiger partial charge in [0, 0.05) is 0 Å². The van der Waals surface area contributed by atoms with E-state index < -0.39 is 0 Å². The summed E-state index contributed by atoms with van der Waals surface area (Å²) < 4.78 is 0. The van der Waals surface area contributed by atoms with Crippen molar-refractivity contribution in [2.75, 3.05) is 0 Å². The molecule has 1 aromatic rings. The standard InChI is InChI=1S/C16H26/c1-7-12(2)11-16(5,6)15-13(3)9-8-10-14(15)4/h8-10,12H,7,11H2,1-6H3. The highest BCUT2D eigenvalue weighted by Gasteiger charge is 2.25. The van der Waals surface area contributed by atoms with Crippen LogP contribution < -0.4 is 0 Å². The van der Waals surface area contributed by atoms with E-state index in [2.05, 4.69) is 59.7 Å². The van der Waals surface area contributed by atoms with Gasteiger partial charge in [-0.2, -0.15) is 0 Å². The van der Waals surface area contributed by atoms with E-state index in [1.165, 1.54) is 24.0 Å². The van der Waals surface area contributed by atoms with Gasteiger partial charge in [0.25, 0.3) is 0 Å². The summed E-state index contributed by atoms with van der Waals surface area (Å²) in [4.78, 5) is 0. The van der Waals surface area contributed by atoms with Crippen LogP contribution in [0, 0.1) is 19.8 Å². The lowest BCUT2D eigenvalue weighted by atomic mass is 9.73. The van der Waals surface area contributed by atoms with Gasteiger partial charge in [-0.3, -0.25) is 0 Å². The zero-order chi connectivity index (χ0) is 12.3. The molecule has 0 nitrogen and oxygen atoms in total. The van der Waals surface area contributed by atoms with E-state index in [1.807, 2.05) is 0 Å². The van der Waals surface area contributed by atoms with Crippen molar-refractivity contribution in [2.45, 2.75) is 59.8 Å². The molecule has 0 fully saturated rings. The highest BCUT2D eigenvalue weighted by atomic mass is 14.3. The smallest absolute Gasteiger partial charge is 0.00958 e. The van der Waals surface area contributed by atoms with Crippen molar-refractivity contribution < 1.29 is 0 Å². The summed E-state index contributed by atoms with van der Waals surface area (Å²) >= 11 is 0. The normalized spacial score (nSPS) is 13.9. The molecule has 0 aliphatic heterocycles. The van der Waals surface area contributed by atoms with Crippen LogP contribution in [0.1, 0.15) is 57.2 Å². The van der Waals surface area contributed by atoms with Crippen LogP contribution in [0.25, 0.3) is 0 Å². The van der Waals surface area contributed by atoms with Gasteiger partial charge < -0.3 is 0 Å². The molecule has 0 spiro atoms. The number of rotatable bonds is 4. The number of hydrogen-bond donors (Lipinski definition) is 0. The van der Waals surface area contributed by atoms with E-state index >= 15 is 0 Å². The highest BCUT2D eigenvalue weighted by molar-refractivity contribution is 5.39. The maximum absolute atomic E-state index is 2.38. The van der Waals surface area contributed by atoms with Crippen molar-refractivity contribution in [1.29, 1.82) is 0 Å². The monoisotopic (exact) mass is 218 g/mol. The average Bonchev–Trinajstić information content (AvgIpc) is 2.16. The summed E-state index contributed by atoms with van der Waals surface area (Å²) in [6.07, 6.45) is 2.55. The first-order chi connectivity index (χ1) is 7.38. The van der Waals surface area contributed by atoms with Crippen LogP contribution in [0.4, 0.5) is 0 Å². The second kappa shape index (κ2) is 5.03. The van der Waals surface area contributed by atoms with Gasteiger partial charge in [-0.05, 0) is 48.3 Å². The van der Waals surface area contributed by atoms with Crippen LogP contribution in [0.15, 0.2) is 18.2 Å². The van der Waals surface area contributed by atoms with Gasteiger partial charge in [-0.15, -0.1) is 0 Å². The molecule has 1 atom stereocenters. The fourth-order valence-corrected chi connectivity index (χ4v) is 3.00. The Morgan fingerprint density at radius 1 is 1.12 bits per heavy atom. The molecular formula is C16H26. The number of benzene rings is 1. The van der Waals surface area contributed by atoms with E-state index in [-0.39, 0.29) is 0 Å². The summed E-state index contributed by atoms with van der Waals surface area (Å²) in [5.41, 5.74) is 4.72. The lowest BCUT2D eigenvalue weighted by molar-refractivity contribution is 0.370. The third-order valence-corrected chi connectivity index (χ3v) is 3.71. The fraction of sp³-hybridized carbons (Fsp3) is 0.625. The lowest BCUT2D eigenvalue weighted by Gasteiger charge is -2.31. The largest absolute Gasteiger partial charge is 0.0651 e. The molecule has 0 saturated heterocycles. The maximum atomic E-state index is 2.38. The third-order valence-electron chi connectivity index (χ3n) is 3.71. The van der Waals surface area contributed by atoms with Crippen LogP contribution in [-0.4, -0.2) is 0 Å².